The quantitative estimate of drug-likeness (QED) is 0.407. The molecular weight excluding hydrogens is 406 g/mol. The molecule has 0 atom stereocenters. The summed E-state index contributed by atoms with van der Waals surface area (Å²) in [7, 11) is 8.25. The second-order valence-corrected chi connectivity index (χ2v) is 7.47. The van der Waals surface area contributed by atoms with Crippen LogP contribution >= 0.6 is 12.2 Å². The molecule has 0 spiro atoms. The second kappa shape index (κ2) is 12.8. The van der Waals surface area contributed by atoms with Crippen molar-refractivity contribution in [1.82, 2.24) is 19.6 Å². The van der Waals surface area contributed by atoms with Gasteiger partial charge in [0.2, 0.25) is 12.3 Å². The van der Waals surface area contributed by atoms with Gasteiger partial charge in [-0.15, -0.1) is 0 Å². The molecule has 2 rings (SSSR count). The molecular formula is C20H31N5O4S. The molecule has 166 valence electrons. The van der Waals surface area contributed by atoms with Crippen LogP contribution < -0.4 is 5.32 Å². The van der Waals surface area contributed by atoms with E-state index >= 15 is 0 Å². The Balaban J connectivity index is 0.000000804. The maximum Gasteiger partial charge on any atom is 0.339 e. The number of hydrogen-bond acceptors (Lipinski definition) is 6. The first-order chi connectivity index (χ1) is 14.2. The molecule has 0 radical (unpaired) electrons. The summed E-state index contributed by atoms with van der Waals surface area (Å²) < 4.78 is 4.80. The second-order valence-electron chi connectivity index (χ2n) is 7.09. The van der Waals surface area contributed by atoms with Gasteiger partial charge in [0, 0.05) is 54.4 Å². The first-order valence-electron chi connectivity index (χ1n) is 9.47. The number of methoxy groups -OCH3 is 1. The van der Waals surface area contributed by atoms with Gasteiger partial charge in [0.15, 0.2) is 5.11 Å². The first-order valence-corrected chi connectivity index (χ1v) is 9.88. The molecule has 1 saturated heterocycles. The van der Waals surface area contributed by atoms with Gasteiger partial charge in [0.1, 0.15) is 0 Å². The zero-order valence-electron chi connectivity index (χ0n) is 18.3. The van der Waals surface area contributed by atoms with Crippen molar-refractivity contribution in [3.63, 3.8) is 0 Å². The van der Waals surface area contributed by atoms with Crippen LogP contribution in [-0.4, -0.2) is 111 Å². The van der Waals surface area contributed by atoms with E-state index in [1.54, 1.807) is 51.3 Å². The molecule has 0 unspecified atom stereocenters. The topological polar surface area (TPSA) is 85.4 Å². The third-order valence-corrected chi connectivity index (χ3v) is 4.66. The number of nitrogens with one attached hydrogen (secondary N) is 1. The average Bonchev–Trinajstić information content (AvgIpc) is 2.74. The van der Waals surface area contributed by atoms with Gasteiger partial charge in [0.05, 0.1) is 24.9 Å². The molecule has 9 nitrogen and oxygen atoms in total. The molecule has 1 aromatic rings. The first kappa shape index (κ1) is 25.3. The van der Waals surface area contributed by atoms with Crippen LogP contribution in [-0.2, 0) is 14.3 Å². The number of carbonyl (C=O) groups is 3. The highest BCUT2D eigenvalue weighted by molar-refractivity contribution is 7.80. The standard InChI is InChI=1S/C17H24N4O3S.C3H7NO/c1-19(2)15(22)12-20-8-10-21(11-9-20)17(25)18-14-7-5-4-6-13(14)16(23)24-3;1-4(2)3-5/h4-7H,8-12H2,1-3H3,(H,18,25);3H,1-2H3. The SMILES string of the molecule is CN(C)C=O.COC(=O)c1ccccc1NC(=S)N1CCN(CC(=O)N(C)C)CC1. The maximum atomic E-state index is 11.8. The van der Waals surface area contributed by atoms with Crippen LogP contribution in [0.15, 0.2) is 24.3 Å². The van der Waals surface area contributed by atoms with Gasteiger partial charge >= 0.3 is 5.97 Å². The van der Waals surface area contributed by atoms with E-state index in [1.807, 2.05) is 11.0 Å². The lowest BCUT2D eigenvalue weighted by atomic mass is 10.2. The number of amides is 2. The van der Waals surface area contributed by atoms with Crippen molar-refractivity contribution in [2.75, 3.05) is 73.3 Å². The lowest BCUT2D eigenvalue weighted by molar-refractivity contribution is -0.130. The van der Waals surface area contributed by atoms with Gasteiger partial charge in [-0.2, -0.15) is 0 Å². The molecule has 0 bridgehead atoms. The van der Waals surface area contributed by atoms with Gasteiger partial charge in [-0.05, 0) is 24.4 Å². The summed E-state index contributed by atoms with van der Waals surface area (Å²) in [5, 5.41) is 3.70. The maximum absolute atomic E-state index is 11.8. The summed E-state index contributed by atoms with van der Waals surface area (Å²) >= 11 is 5.48. The largest absolute Gasteiger partial charge is 0.465 e. The highest BCUT2D eigenvalue weighted by Crippen LogP contribution is 2.17. The fourth-order valence-electron chi connectivity index (χ4n) is 2.52. The Bertz CT molecular complexity index is 734. The highest BCUT2D eigenvalue weighted by atomic mass is 32.1. The third-order valence-electron chi connectivity index (χ3n) is 4.30. The number of benzene rings is 1. The Morgan fingerprint density at radius 3 is 2.20 bits per heavy atom. The van der Waals surface area contributed by atoms with E-state index in [2.05, 4.69) is 10.2 Å². The zero-order chi connectivity index (χ0) is 22.7. The van der Waals surface area contributed by atoms with Crippen molar-refractivity contribution < 1.29 is 19.1 Å². The van der Waals surface area contributed by atoms with E-state index in [-0.39, 0.29) is 5.91 Å². The molecule has 1 aliphatic rings. The van der Waals surface area contributed by atoms with Crippen molar-refractivity contribution in [2.24, 2.45) is 0 Å². The molecule has 0 saturated carbocycles. The van der Waals surface area contributed by atoms with E-state index in [0.29, 0.717) is 22.9 Å². The fraction of sp³-hybridized carbons (Fsp3) is 0.500. The Morgan fingerprint density at radius 1 is 1.13 bits per heavy atom. The summed E-state index contributed by atoms with van der Waals surface area (Å²) in [5.74, 6) is -0.306. The van der Waals surface area contributed by atoms with Crippen LogP contribution in [0.4, 0.5) is 5.69 Å². The molecule has 30 heavy (non-hydrogen) atoms. The predicted octanol–water partition coefficient (Wildman–Crippen LogP) is 0.580. The number of esters is 1. The van der Waals surface area contributed by atoms with Crippen molar-refractivity contribution >= 4 is 41.3 Å². The number of ether oxygens (including phenoxy) is 1. The molecule has 2 amide bonds. The smallest absolute Gasteiger partial charge is 0.339 e. The van der Waals surface area contributed by atoms with E-state index in [9.17, 15) is 14.4 Å². The number of piperazine rings is 1. The van der Waals surface area contributed by atoms with E-state index in [1.165, 1.54) is 12.0 Å². The van der Waals surface area contributed by atoms with Crippen molar-refractivity contribution in [3.8, 4) is 0 Å². The number of likely N-dealkylation sites (N-methyl/N-ethyl adjacent to an activating group) is 1. The molecule has 1 aliphatic heterocycles. The minimum absolute atomic E-state index is 0.0983. The van der Waals surface area contributed by atoms with Crippen molar-refractivity contribution in [3.05, 3.63) is 29.8 Å². The zero-order valence-corrected chi connectivity index (χ0v) is 19.1. The third kappa shape index (κ3) is 8.34. The number of nitrogens with zero attached hydrogens (tertiary/aromatic N) is 4. The number of anilines is 1. The van der Waals surface area contributed by atoms with E-state index in [4.69, 9.17) is 17.0 Å². The summed E-state index contributed by atoms with van der Waals surface area (Å²) in [5.41, 5.74) is 1.08. The molecule has 1 N–H and O–H groups in total. The number of hydrogen-bond donors (Lipinski definition) is 1. The average molecular weight is 438 g/mol. The molecule has 1 aromatic carbocycles. The van der Waals surface area contributed by atoms with E-state index < -0.39 is 5.97 Å². The Kier molecular flexibility index (Phi) is 10.8. The molecule has 1 fully saturated rings. The highest BCUT2D eigenvalue weighted by Gasteiger charge is 2.22. The van der Waals surface area contributed by atoms with Crippen LogP contribution in [0.5, 0.6) is 0 Å². The molecule has 0 aliphatic carbocycles. The monoisotopic (exact) mass is 437 g/mol. The van der Waals surface area contributed by atoms with Gasteiger partial charge in [0.25, 0.3) is 0 Å². The van der Waals surface area contributed by atoms with Gasteiger partial charge in [-0.3, -0.25) is 14.5 Å². The van der Waals surface area contributed by atoms with Crippen LogP contribution in [0.25, 0.3) is 0 Å². The molecule has 10 heteroatoms. The van der Waals surface area contributed by atoms with Crippen LogP contribution in [0.2, 0.25) is 0 Å². The lowest BCUT2D eigenvalue weighted by Crippen LogP contribution is -2.52. The van der Waals surface area contributed by atoms with E-state index in [0.717, 1.165) is 32.6 Å². The van der Waals surface area contributed by atoms with Crippen LogP contribution in [0.1, 0.15) is 10.4 Å². The predicted molar refractivity (Wildman–Crippen MR) is 120 cm³/mol. The minimum atomic E-state index is -0.405. The fourth-order valence-corrected chi connectivity index (χ4v) is 2.81. The Labute approximate surface area is 183 Å². The number of thiocarbonyl (C=S) groups is 1. The van der Waals surface area contributed by atoms with Crippen LogP contribution in [0.3, 0.4) is 0 Å². The summed E-state index contributed by atoms with van der Waals surface area (Å²) in [6, 6.07) is 7.11. The van der Waals surface area contributed by atoms with Gasteiger partial charge in [-0.25, -0.2) is 4.79 Å². The van der Waals surface area contributed by atoms with Crippen LogP contribution in [0, 0.1) is 0 Å². The Morgan fingerprint density at radius 2 is 1.70 bits per heavy atom. The molecule has 1 heterocycles. The Hall–Kier alpha value is -2.72. The molecule has 0 aromatic heterocycles. The normalized spacial score (nSPS) is 13.4. The minimum Gasteiger partial charge on any atom is -0.465 e. The van der Waals surface area contributed by atoms with Gasteiger partial charge in [-0.1, -0.05) is 12.1 Å². The lowest BCUT2D eigenvalue weighted by Gasteiger charge is -2.36. The van der Waals surface area contributed by atoms with Crippen molar-refractivity contribution in [2.45, 2.75) is 0 Å². The van der Waals surface area contributed by atoms with Crippen molar-refractivity contribution in [1.29, 1.82) is 0 Å². The summed E-state index contributed by atoms with van der Waals surface area (Å²) in [6.45, 7) is 3.41. The van der Waals surface area contributed by atoms with Gasteiger partial charge < -0.3 is 24.8 Å². The number of para-hydroxylation sites is 1. The summed E-state index contributed by atoms with van der Waals surface area (Å²) in [4.78, 5) is 40.2. The number of rotatable bonds is 5. The summed E-state index contributed by atoms with van der Waals surface area (Å²) in [6.07, 6.45) is 0.750. The number of carbonyl (C=O) groups excluding carboxylic acids is 3.